The molecule has 0 radical (unpaired) electrons. The molecule has 3 aromatic carbocycles. The van der Waals surface area contributed by atoms with E-state index in [1.165, 1.54) is 36.4 Å². The number of halogens is 3. The van der Waals surface area contributed by atoms with E-state index in [1.807, 2.05) is 0 Å². The first-order chi connectivity index (χ1) is 19.2. The van der Waals surface area contributed by atoms with Gasteiger partial charge in [-0.2, -0.15) is 23.3 Å². The molecule has 204 valence electrons. The molecule has 1 atom stereocenters. The van der Waals surface area contributed by atoms with Crippen LogP contribution in [0.3, 0.4) is 0 Å². The number of benzene rings is 3. The van der Waals surface area contributed by atoms with Gasteiger partial charge < -0.3 is 20.1 Å². The first-order valence-corrected chi connectivity index (χ1v) is 12.1. The maximum absolute atomic E-state index is 14.0. The molecule has 0 saturated carbocycles. The molecule has 1 amide bonds. The number of amides is 1. The molecule has 3 N–H and O–H groups in total. The summed E-state index contributed by atoms with van der Waals surface area (Å²) in [6.45, 7) is 0.283. The lowest BCUT2D eigenvalue weighted by molar-refractivity contribution is -0.142. The Hall–Kier alpha value is -4.97. The second-order valence-corrected chi connectivity index (χ2v) is 8.81. The van der Waals surface area contributed by atoms with Crippen molar-refractivity contribution >= 4 is 5.91 Å². The second kappa shape index (κ2) is 11.0. The zero-order valence-corrected chi connectivity index (χ0v) is 20.7. The Bertz CT molecular complexity index is 1600. The summed E-state index contributed by atoms with van der Waals surface area (Å²) in [4.78, 5) is 16.5. The van der Waals surface area contributed by atoms with Crippen LogP contribution in [-0.2, 0) is 17.4 Å². The van der Waals surface area contributed by atoms with Gasteiger partial charge in [-0.25, -0.2) is 4.68 Å². The van der Waals surface area contributed by atoms with Crippen LogP contribution in [0.2, 0.25) is 0 Å². The Labute approximate surface area is 225 Å². The number of hydrogen-bond donors (Lipinski definition) is 3. The predicted octanol–water partition coefficient (Wildman–Crippen LogP) is 4.71. The maximum Gasteiger partial charge on any atom is 0.434 e. The Morgan fingerprint density at radius 2 is 1.70 bits per heavy atom. The van der Waals surface area contributed by atoms with E-state index in [2.05, 4.69) is 20.6 Å². The monoisotopic (exact) mass is 549 g/mol. The Kier molecular flexibility index (Phi) is 7.34. The van der Waals surface area contributed by atoms with Gasteiger partial charge in [0.15, 0.2) is 11.8 Å². The smallest absolute Gasteiger partial charge is 0.434 e. The number of phenolic OH excluding ortho intramolecular Hbond substituents is 1. The van der Waals surface area contributed by atoms with Crippen molar-refractivity contribution in [3.8, 4) is 34.3 Å². The molecule has 12 heteroatoms. The minimum atomic E-state index is -4.75. The van der Waals surface area contributed by atoms with E-state index in [-0.39, 0.29) is 35.3 Å². The number of rotatable bonds is 8. The molecule has 0 aliphatic rings. The lowest BCUT2D eigenvalue weighted by atomic mass is 10.1. The van der Waals surface area contributed by atoms with Crippen LogP contribution < -0.4 is 5.32 Å². The quantitative estimate of drug-likeness (QED) is 0.256. The van der Waals surface area contributed by atoms with Gasteiger partial charge in [0.1, 0.15) is 5.75 Å². The van der Waals surface area contributed by atoms with Crippen molar-refractivity contribution in [2.24, 2.45) is 0 Å². The average Bonchev–Trinajstić information content (AvgIpc) is 3.62. The minimum absolute atomic E-state index is 0.0231. The molecule has 0 spiro atoms. The standard InChI is InChI=1S/C28H22F3N5O4/c29-28(30,31)24-22(16-33-36(24)20-4-2-1-3-5-20)27-34-25(35-40-27)19-10-8-18(9-11-19)23(38)26(39)32-15-14-17-6-12-21(37)13-7-17/h1-13,16,23,37-38H,14-15H2,(H,32,39). The van der Waals surface area contributed by atoms with Crippen LogP contribution in [-0.4, -0.2) is 42.6 Å². The molecule has 0 aliphatic carbocycles. The predicted molar refractivity (Wildman–Crippen MR) is 137 cm³/mol. The molecule has 5 aromatic rings. The van der Waals surface area contributed by atoms with Crippen molar-refractivity contribution in [1.29, 1.82) is 0 Å². The summed E-state index contributed by atoms with van der Waals surface area (Å²) in [5.41, 5.74) is 0.418. The molecule has 5 rings (SSSR count). The zero-order valence-electron chi connectivity index (χ0n) is 20.7. The highest BCUT2D eigenvalue weighted by Gasteiger charge is 2.40. The van der Waals surface area contributed by atoms with E-state index in [1.54, 1.807) is 42.5 Å². The number of carbonyl (C=O) groups excluding carboxylic acids is 1. The van der Waals surface area contributed by atoms with Gasteiger partial charge in [0, 0.05) is 12.1 Å². The highest BCUT2D eigenvalue weighted by atomic mass is 19.4. The number of nitrogens with zero attached hydrogens (tertiary/aromatic N) is 4. The van der Waals surface area contributed by atoms with Crippen LogP contribution in [0.15, 0.2) is 89.6 Å². The van der Waals surface area contributed by atoms with Crippen molar-refractivity contribution in [2.45, 2.75) is 18.7 Å². The van der Waals surface area contributed by atoms with E-state index < -0.39 is 23.9 Å². The zero-order chi connectivity index (χ0) is 28.3. The molecule has 2 heterocycles. The van der Waals surface area contributed by atoms with E-state index in [0.29, 0.717) is 17.5 Å². The number of para-hydroxylation sites is 1. The number of hydrogen-bond acceptors (Lipinski definition) is 7. The molecule has 1 unspecified atom stereocenters. The third-order valence-corrected chi connectivity index (χ3v) is 6.08. The molecule has 0 saturated heterocycles. The van der Waals surface area contributed by atoms with Crippen molar-refractivity contribution in [2.75, 3.05) is 6.54 Å². The molecule has 2 aromatic heterocycles. The Morgan fingerprint density at radius 1 is 1.00 bits per heavy atom. The summed E-state index contributed by atoms with van der Waals surface area (Å²) >= 11 is 0. The number of alkyl halides is 3. The minimum Gasteiger partial charge on any atom is -0.508 e. The Balaban J connectivity index is 1.29. The van der Waals surface area contributed by atoms with E-state index in [0.717, 1.165) is 16.4 Å². The largest absolute Gasteiger partial charge is 0.508 e. The first-order valence-electron chi connectivity index (χ1n) is 12.1. The number of aromatic hydroxyl groups is 1. The topological polar surface area (TPSA) is 126 Å². The van der Waals surface area contributed by atoms with E-state index >= 15 is 0 Å². The summed E-state index contributed by atoms with van der Waals surface area (Å²) in [7, 11) is 0. The van der Waals surface area contributed by atoms with Gasteiger partial charge >= 0.3 is 6.18 Å². The number of aliphatic hydroxyl groups is 1. The van der Waals surface area contributed by atoms with Gasteiger partial charge in [0.25, 0.3) is 11.8 Å². The number of nitrogens with one attached hydrogen (secondary N) is 1. The fourth-order valence-corrected chi connectivity index (χ4v) is 4.05. The third kappa shape index (κ3) is 5.71. The molecular formula is C28H22F3N5O4. The van der Waals surface area contributed by atoms with Crippen LogP contribution in [0.1, 0.15) is 22.9 Å². The highest BCUT2D eigenvalue weighted by Crippen LogP contribution is 2.38. The van der Waals surface area contributed by atoms with Crippen LogP contribution in [0.25, 0.3) is 28.5 Å². The van der Waals surface area contributed by atoms with Crippen LogP contribution in [0, 0.1) is 0 Å². The van der Waals surface area contributed by atoms with Gasteiger partial charge in [0.2, 0.25) is 5.82 Å². The molecular weight excluding hydrogens is 527 g/mol. The summed E-state index contributed by atoms with van der Waals surface area (Å²) in [6.07, 6.45) is -4.66. The third-order valence-electron chi connectivity index (χ3n) is 6.08. The van der Waals surface area contributed by atoms with Gasteiger partial charge in [0.05, 0.1) is 17.4 Å². The molecule has 0 bridgehead atoms. The average molecular weight is 550 g/mol. The van der Waals surface area contributed by atoms with E-state index in [9.17, 15) is 28.2 Å². The molecule has 0 aliphatic heterocycles. The fraction of sp³-hybridized carbons (Fsp3) is 0.143. The molecule has 40 heavy (non-hydrogen) atoms. The Morgan fingerprint density at radius 3 is 2.38 bits per heavy atom. The lowest BCUT2D eigenvalue weighted by Gasteiger charge is -2.12. The summed E-state index contributed by atoms with van der Waals surface area (Å²) in [6, 6.07) is 20.5. The summed E-state index contributed by atoms with van der Waals surface area (Å²) < 4.78 is 47.9. The number of carbonyl (C=O) groups is 1. The fourth-order valence-electron chi connectivity index (χ4n) is 4.05. The maximum atomic E-state index is 14.0. The second-order valence-electron chi connectivity index (χ2n) is 8.81. The highest BCUT2D eigenvalue weighted by molar-refractivity contribution is 5.82. The SMILES string of the molecule is O=C(NCCc1ccc(O)cc1)C(O)c1ccc(-c2noc(-c3cnn(-c4ccccc4)c3C(F)(F)F)n2)cc1. The van der Waals surface area contributed by atoms with Gasteiger partial charge in [-0.05, 0) is 41.8 Å². The van der Waals surface area contributed by atoms with Crippen LogP contribution >= 0.6 is 0 Å². The number of phenols is 1. The summed E-state index contributed by atoms with van der Waals surface area (Å²) in [5.74, 6) is -0.783. The summed E-state index contributed by atoms with van der Waals surface area (Å²) in [5, 5.41) is 30.1. The van der Waals surface area contributed by atoms with Crippen molar-refractivity contribution in [1.82, 2.24) is 25.2 Å². The van der Waals surface area contributed by atoms with Crippen molar-refractivity contribution < 1.29 is 32.7 Å². The van der Waals surface area contributed by atoms with Crippen LogP contribution in [0.4, 0.5) is 13.2 Å². The lowest BCUT2D eigenvalue weighted by Crippen LogP contribution is -2.30. The molecule has 0 fully saturated rings. The van der Waals surface area contributed by atoms with Crippen molar-refractivity contribution in [3.05, 3.63) is 102 Å². The van der Waals surface area contributed by atoms with Gasteiger partial charge in [-0.3, -0.25) is 4.79 Å². The normalized spacial score (nSPS) is 12.3. The van der Waals surface area contributed by atoms with Crippen molar-refractivity contribution in [3.63, 3.8) is 0 Å². The first kappa shape index (κ1) is 26.6. The number of aliphatic hydroxyl groups excluding tert-OH is 1. The van der Waals surface area contributed by atoms with Crippen LogP contribution in [0.5, 0.6) is 5.75 Å². The van der Waals surface area contributed by atoms with E-state index in [4.69, 9.17) is 4.52 Å². The molecule has 9 nitrogen and oxygen atoms in total. The van der Waals surface area contributed by atoms with Gasteiger partial charge in [-0.1, -0.05) is 59.8 Å². The van der Waals surface area contributed by atoms with Gasteiger partial charge in [-0.15, -0.1) is 0 Å². The number of aromatic nitrogens is 4.